The maximum atomic E-state index is 12.7. The van der Waals surface area contributed by atoms with E-state index >= 15 is 0 Å². The monoisotopic (exact) mass is 920 g/mol. The Morgan fingerprint density at radius 1 is 0.500 bits per heavy atom. The van der Waals surface area contributed by atoms with E-state index in [2.05, 4.69) is 74.6 Å². The number of likely N-dealkylation sites (N-methyl/N-ethyl adjacent to an activating group) is 1. The number of hydrogen-bond acceptors (Lipinski definition) is 8. The van der Waals surface area contributed by atoms with Gasteiger partial charge in [0.25, 0.3) is 7.82 Å². The molecule has 0 spiro atoms. The van der Waals surface area contributed by atoms with E-state index in [1.54, 1.807) is 0 Å². The van der Waals surface area contributed by atoms with E-state index in [4.69, 9.17) is 18.5 Å². The van der Waals surface area contributed by atoms with Gasteiger partial charge in [-0.3, -0.25) is 14.2 Å². The molecular formula is C54H98NO8P. The number of phosphoric acid groups is 1. The Morgan fingerprint density at radius 2 is 0.891 bits per heavy atom. The number of quaternary nitrogens is 1. The SMILES string of the molecule is CC/C=C\C/C=C\C/C=C\C/C=C\C/C=C\CCCCCCCCCCCCCCCCCC(=O)OC(COC(=O)CCCCCCCCCCC)COP(=O)([O-])OCC[N+](C)(C)C. The van der Waals surface area contributed by atoms with Gasteiger partial charge < -0.3 is 27.9 Å². The zero-order valence-corrected chi connectivity index (χ0v) is 42.9. The van der Waals surface area contributed by atoms with Crippen LogP contribution in [-0.4, -0.2) is 70.0 Å². The minimum atomic E-state index is -4.62. The van der Waals surface area contributed by atoms with Crippen LogP contribution in [0.15, 0.2) is 60.8 Å². The van der Waals surface area contributed by atoms with Crippen LogP contribution in [0.4, 0.5) is 0 Å². The van der Waals surface area contributed by atoms with Crippen molar-refractivity contribution in [1.82, 2.24) is 0 Å². The van der Waals surface area contributed by atoms with E-state index in [-0.39, 0.29) is 32.0 Å². The van der Waals surface area contributed by atoms with Gasteiger partial charge in [0, 0.05) is 12.8 Å². The first-order valence-corrected chi connectivity index (χ1v) is 27.5. The smallest absolute Gasteiger partial charge is 0.306 e. The standard InChI is InChI=1S/C54H98NO8P/c1-6-8-10-12-14-16-17-18-19-20-21-22-23-24-25-26-27-28-29-30-31-32-33-34-35-36-37-39-41-43-45-47-54(57)63-52(51-62-64(58,59)61-49-48-55(3,4)5)50-60-53(56)46-44-42-40-38-15-13-11-9-7-2/h8,10,14,16,18-19,21-22,24-25,52H,6-7,9,11-13,15,17,20,23,26-51H2,1-5H3/b10-8-,16-14-,19-18-,22-21-,25-24-. The molecule has 0 aromatic heterocycles. The molecule has 9 nitrogen and oxygen atoms in total. The summed E-state index contributed by atoms with van der Waals surface area (Å²) in [6.45, 7) is 4.10. The predicted molar refractivity (Wildman–Crippen MR) is 268 cm³/mol. The van der Waals surface area contributed by atoms with Crippen LogP contribution in [0.3, 0.4) is 0 Å². The summed E-state index contributed by atoms with van der Waals surface area (Å²) in [5.74, 6) is -0.833. The molecule has 0 fully saturated rings. The normalized spacial score (nSPS) is 13.9. The Kier molecular flexibility index (Phi) is 44.2. The second-order valence-corrected chi connectivity index (χ2v) is 19.9. The number of unbranched alkanes of at least 4 members (excludes halogenated alkanes) is 23. The van der Waals surface area contributed by atoms with Crippen molar-refractivity contribution < 1.29 is 42.1 Å². The molecule has 2 unspecified atom stereocenters. The summed E-state index contributed by atoms with van der Waals surface area (Å²) in [4.78, 5) is 37.5. The maximum absolute atomic E-state index is 12.7. The van der Waals surface area contributed by atoms with E-state index < -0.39 is 26.5 Å². The average Bonchev–Trinajstić information content (AvgIpc) is 3.25. The lowest BCUT2D eigenvalue weighted by molar-refractivity contribution is -0.870. The van der Waals surface area contributed by atoms with Gasteiger partial charge in [0.05, 0.1) is 27.7 Å². The Bertz CT molecular complexity index is 1270. The highest BCUT2D eigenvalue weighted by Gasteiger charge is 2.21. The molecule has 372 valence electrons. The van der Waals surface area contributed by atoms with Gasteiger partial charge in [0.2, 0.25) is 0 Å². The van der Waals surface area contributed by atoms with Crippen molar-refractivity contribution >= 4 is 19.8 Å². The number of carbonyl (C=O) groups is 2. The fraction of sp³-hybridized carbons (Fsp3) is 0.778. The van der Waals surface area contributed by atoms with Crippen LogP contribution in [0.25, 0.3) is 0 Å². The van der Waals surface area contributed by atoms with Crippen molar-refractivity contribution in [2.75, 3.05) is 47.5 Å². The zero-order valence-electron chi connectivity index (χ0n) is 42.0. The summed E-state index contributed by atoms with van der Waals surface area (Å²) in [6, 6.07) is 0. The summed E-state index contributed by atoms with van der Waals surface area (Å²) in [5.41, 5.74) is 0. The summed E-state index contributed by atoms with van der Waals surface area (Å²) in [6.07, 6.45) is 57.1. The highest BCUT2D eigenvalue weighted by atomic mass is 31.2. The van der Waals surface area contributed by atoms with Gasteiger partial charge in [-0.1, -0.05) is 209 Å². The number of esters is 2. The molecule has 0 N–H and O–H groups in total. The number of phosphoric ester groups is 1. The van der Waals surface area contributed by atoms with E-state index in [0.29, 0.717) is 17.4 Å². The number of carbonyl (C=O) groups excluding carboxylic acids is 2. The fourth-order valence-electron chi connectivity index (χ4n) is 7.04. The van der Waals surface area contributed by atoms with Gasteiger partial charge in [0.15, 0.2) is 6.10 Å². The molecule has 10 heteroatoms. The molecule has 64 heavy (non-hydrogen) atoms. The molecule has 0 saturated carbocycles. The molecule has 0 aliphatic rings. The Balaban J connectivity index is 4.03. The van der Waals surface area contributed by atoms with Gasteiger partial charge in [-0.2, -0.15) is 0 Å². The third kappa shape index (κ3) is 49.2. The lowest BCUT2D eigenvalue weighted by Gasteiger charge is -2.28. The largest absolute Gasteiger partial charge is 0.756 e. The van der Waals surface area contributed by atoms with Crippen molar-refractivity contribution in [1.29, 1.82) is 0 Å². The maximum Gasteiger partial charge on any atom is 0.306 e. The first-order valence-electron chi connectivity index (χ1n) is 26.0. The van der Waals surface area contributed by atoms with Gasteiger partial charge in [-0.05, 0) is 57.8 Å². The number of nitrogens with zero attached hydrogens (tertiary/aromatic N) is 1. The number of ether oxygens (including phenoxy) is 2. The Hall–Kier alpha value is -2.29. The molecule has 0 aromatic rings. The van der Waals surface area contributed by atoms with Crippen LogP contribution >= 0.6 is 7.82 Å². The molecule has 0 aliphatic heterocycles. The highest BCUT2D eigenvalue weighted by Crippen LogP contribution is 2.38. The first kappa shape index (κ1) is 61.7. The van der Waals surface area contributed by atoms with Gasteiger partial charge >= 0.3 is 11.9 Å². The third-order valence-electron chi connectivity index (χ3n) is 11.1. The number of hydrogen-bond donors (Lipinski definition) is 0. The minimum absolute atomic E-state index is 0.0306. The molecule has 0 heterocycles. The van der Waals surface area contributed by atoms with Crippen molar-refractivity contribution in [3.63, 3.8) is 0 Å². The first-order chi connectivity index (χ1) is 31.0. The van der Waals surface area contributed by atoms with E-state index in [9.17, 15) is 19.0 Å². The molecule has 0 amide bonds. The Labute approximate surface area is 394 Å². The number of allylic oxidation sites excluding steroid dienone is 10. The van der Waals surface area contributed by atoms with Crippen LogP contribution in [0.5, 0.6) is 0 Å². The van der Waals surface area contributed by atoms with Crippen LogP contribution in [-0.2, 0) is 32.7 Å². The molecule has 0 radical (unpaired) electrons. The topological polar surface area (TPSA) is 111 Å². The second-order valence-electron chi connectivity index (χ2n) is 18.5. The Morgan fingerprint density at radius 3 is 1.33 bits per heavy atom. The van der Waals surface area contributed by atoms with E-state index in [1.165, 1.54) is 116 Å². The molecule has 0 aromatic carbocycles. The zero-order chi connectivity index (χ0) is 47.1. The number of rotatable bonds is 47. The molecule has 2 atom stereocenters. The summed E-state index contributed by atoms with van der Waals surface area (Å²) < 4.78 is 33.9. The van der Waals surface area contributed by atoms with Crippen molar-refractivity contribution in [3.05, 3.63) is 60.8 Å². The van der Waals surface area contributed by atoms with E-state index in [1.807, 2.05) is 21.1 Å². The van der Waals surface area contributed by atoms with Gasteiger partial charge in [-0.15, -0.1) is 0 Å². The molecular weight excluding hydrogens is 822 g/mol. The molecule has 0 saturated heterocycles. The van der Waals surface area contributed by atoms with Gasteiger partial charge in [-0.25, -0.2) is 0 Å². The third-order valence-corrected chi connectivity index (χ3v) is 12.0. The van der Waals surface area contributed by atoms with Crippen LogP contribution in [0, 0.1) is 0 Å². The minimum Gasteiger partial charge on any atom is -0.756 e. The van der Waals surface area contributed by atoms with Crippen molar-refractivity contribution in [3.8, 4) is 0 Å². The quantitative estimate of drug-likeness (QED) is 0.0195. The summed E-state index contributed by atoms with van der Waals surface area (Å²) in [5, 5.41) is 0. The van der Waals surface area contributed by atoms with Crippen LogP contribution < -0.4 is 4.89 Å². The van der Waals surface area contributed by atoms with E-state index in [0.717, 1.165) is 70.6 Å². The lowest BCUT2D eigenvalue weighted by Crippen LogP contribution is -2.37. The van der Waals surface area contributed by atoms with Gasteiger partial charge in [0.1, 0.15) is 19.8 Å². The average molecular weight is 920 g/mol. The molecule has 0 aliphatic carbocycles. The summed E-state index contributed by atoms with van der Waals surface area (Å²) in [7, 11) is 1.17. The van der Waals surface area contributed by atoms with Crippen molar-refractivity contribution in [2.45, 2.75) is 225 Å². The fourth-order valence-corrected chi connectivity index (χ4v) is 7.76. The second kappa shape index (κ2) is 45.8. The predicted octanol–water partition coefficient (Wildman–Crippen LogP) is 15.0. The van der Waals surface area contributed by atoms with Crippen LogP contribution in [0.1, 0.15) is 219 Å². The molecule has 0 bridgehead atoms. The summed E-state index contributed by atoms with van der Waals surface area (Å²) >= 11 is 0. The molecule has 0 rings (SSSR count). The highest BCUT2D eigenvalue weighted by molar-refractivity contribution is 7.45. The van der Waals surface area contributed by atoms with Crippen LogP contribution in [0.2, 0.25) is 0 Å². The lowest BCUT2D eigenvalue weighted by atomic mass is 10.0. The van der Waals surface area contributed by atoms with Crippen molar-refractivity contribution in [2.24, 2.45) is 0 Å².